The third-order valence-corrected chi connectivity index (χ3v) is 5.02. The van der Waals surface area contributed by atoms with Crippen molar-refractivity contribution in [1.29, 1.82) is 0 Å². The number of aromatic nitrogens is 1. The molecule has 1 fully saturated rings. The highest BCUT2D eigenvalue weighted by atomic mass is 16.5. The molecule has 1 aliphatic heterocycles. The molecule has 2 heterocycles. The van der Waals surface area contributed by atoms with E-state index in [4.69, 9.17) is 4.74 Å². The highest BCUT2D eigenvalue weighted by Gasteiger charge is 2.23. The van der Waals surface area contributed by atoms with Crippen LogP contribution in [0, 0.1) is 0 Å². The minimum atomic E-state index is 0.112. The van der Waals surface area contributed by atoms with Gasteiger partial charge in [-0.15, -0.1) is 0 Å². The van der Waals surface area contributed by atoms with Crippen LogP contribution in [-0.2, 0) is 0 Å². The lowest BCUT2D eigenvalue weighted by Gasteiger charge is -2.33. The summed E-state index contributed by atoms with van der Waals surface area (Å²) in [5.74, 6) is 0.962. The van der Waals surface area contributed by atoms with Gasteiger partial charge in [0.05, 0.1) is 7.11 Å². The Morgan fingerprint density at radius 1 is 1.15 bits per heavy atom. The van der Waals surface area contributed by atoms with Crippen molar-refractivity contribution in [1.82, 2.24) is 9.88 Å². The van der Waals surface area contributed by atoms with Crippen molar-refractivity contribution < 1.29 is 9.53 Å². The number of carbonyl (C=O) groups excluding carboxylic acids is 1. The van der Waals surface area contributed by atoms with Gasteiger partial charge in [-0.2, -0.15) is 0 Å². The van der Waals surface area contributed by atoms with E-state index < -0.39 is 0 Å². The first kappa shape index (κ1) is 16.5. The van der Waals surface area contributed by atoms with Gasteiger partial charge in [0.2, 0.25) is 0 Å². The second kappa shape index (κ2) is 7.12. The first-order valence-corrected chi connectivity index (χ1v) is 9.00. The van der Waals surface area contributed by atoms with E-state index in [2.05, 4.69) is 10.3 Å². The third-order valence-electron chi connectivity index (χ3n) is 5.02. The van der Waals surface area contributed by atoms with E-state index in [-0.39, 0.29) is 5.91 Å². The van der Waals surface area contributed by atoms with Crippen LogP contribution in [0.2, 0.25) is 0 Å². The van der Waals surface area contributed by atoms with E-state index in [0.717, 1.165) is 53.8 Å². The molecule has 0 bridgehead atoms. The SMILES string of the molecule is COc1cccc(NC2CCN(C(=O)c3ccc4cc[nH]c4c3)CC2)c1. The monoisotopic (exact) mass is 349 g/mol. The number of H-pyrrole nitrogens is 1. The molecule has 5 heteroatoms. The fourth-order valence-electron chi connectivity index (χ4n) is 3.54. The maximum absolute atomic E-state index is 12.8. The van der Waals surface area contributed by atoms with Crippen molar-refractivity contribution in [2.75, 3.05) is 25.5 Å². The summed E-state index contributed by atoms with van der Waals surface area (Å²) in [6.07, 6.45) is 3.77. The van der Waals surface area contributed by atoms with E-state index in [1.807, 2.05) is 59.6 Å². The number of carbonyl (C=O) groups is 1. The normalized spacial score (nSPS) is 15.2. The molecule has 2 N–H and O–H groups in total. The van der Waals surface area contributed by atoms with Crippen LogP contribution in [0.1, 0.15) is 23.2 Å². The van der Waals surface area contributed by atoms with Gasteiger partial charge in [-0.1, -0.05) is 12.1 Å². The summed E-state index contributed by atoms with van der Waals surface area (Å²) in [4.78, 5) is 17.9. The Kier molecular flexibility index (Phi) is 4.52. The van der Waals surface area contributed by atoms with E-state index in [1.165, 1.54) is 0 Å². The zero-order chi connectivity index (χ0) is 17.9. The number of anilines is 1. The van der Waals surface area contributed by atoms with Gasteiger partial charge >= 0.3 is 0 Å². The van der Waals surface area contributed by atoms with E-state index >= 15 is 0 Å². The van der Waals surface area contributed by atoms with E-state index in [0.29, 0.717) is 6.04 Å². The highest BCUT2D eigenvalue weighted by Crippen LogP contribution is 2.22. The quantitative estimate of drug-likeness (QED) is 0.751. The average molecular weight is 349 g/mol. The van der Waals surface area contributed by atoms with E-state index in [9.17, 15) is 4.79 Å². The predicted octanol–water partition coefficient (Wildman–Crippen LogP) is 3.89. The molecule has 0 aliphatic carbocycles. The minimum absolute atomic E-state index is 0.112. The fourth-order valence-corrected chi connectivity index (χ4v) is 3.54. The van der Waals surface area contributed by atoms with Gasteiger partial charge in [-0.05, 0) is 48.6 Å². The molecule has 134 valence electrons. The van der Waals surface area contributed by atoms with Gasteiger partial charge in [0.15, 0.2) is 0 Å². The second-order valence-electron chi connectivity index (χ2n) is 6.72. The number of fused-ring (bicyclic) bond motifs is 1. The Labute approximate surface area is 153 Å². The Morgan fingerprint density at radius 3 is 2.81 bits per heavy atom. The number of rotatable bonds is 4. The highest BCUT2D eigenvalue weighted by molar-refractivity contribution is 5.98. The van der Waals surface area contributed by atoms with Crippen LogP contribution in [0.15, 0.2) is 54.7 Å². The molecule has 1 saturated heterocycles. The Balaban J connectivity index is 1.37. The summed E-state index contributed by atoms with van der Waals surface area (Å²) in [5, 5.41) is 4.68. The predicted molar refractivity (Wildman–Crippen MR) is 104 cm³/mol. The molecule has 0 unspecified atom stereocenters. The molecule has 3 aromatic rings. The van der Waals surface area contributed by atoms with Crippen molar-refractivity contribution in [2.45, 2.75) is 18.9 Å². The number of methoxy groups -OCH3 is 1. The molecule has 0 saturated carbocycles. The molecular weight excluding hydrogens is 326 g/mol. The Morgan fingerprint density at radius 2 is 2.00 bits per heavy atom. The lowest BCUT2D eigenvalue weighted by molar-refractivity contribution is 0.0718. The maximum atomic E-state index is 12.8. The molecule has 1 aliphatic rings. The summed E-state index contributed by atoms with van der Waals surface area (Å²) in [6.45, 7) is 1.53. The largest absolute Gasteiger partial charge is 0.497 e. The summed E-state index contributed by atoms with van der Waals surface area (Å²) in [7, 11) is 1.67. The van der Waals surface area contributed by atoms with Gasteiger partial charge in [0, 0.05) is 48.2 Å². The van der Waals surface area contributed by atoms with Crippen LogP contribution in [-0.4, -0.2) is 42.0 Å². The molecule has 0 spiro atoms. The number of benzene rings is 2. The third kappa shape index (κ3) is 3.38. The summed E-state index contributed by atoms with van der Waals surface area (Å²) in [5.41, 5.74) is 2.82. The molecule has 0 atom stereocenters. The number of nitrogens with zero attached hydrogens (tertiary/aromatic N) is 1. The van der Waals surface area contributed by atoms with Crippen molar-refractivity contribution in [3.05, 3.63) is 60.3 Å². The van der Waals surface area contributed by atoms with Gasteiger partial charge in [0.25, 0.3) is 5.91 Å². The number of hydrogen-bond acceptors (Lipinski definition) is 3. The number of aromatic amines is 1. The molecule has 1 amide bonds. The van der Waals surface area contributed by atoms with Gasteiger partial charge < -0.3 is 19.9 Å². The Bertz CT molecular complexity index is 910. The topological polar surface area (TPSA) is 57.4 Å². The van der Waals surface area contributed by atoms with Gasteiger partial charge in [0.1, 0.15) is 5.75 Å². The standard InChI is InChI=1S/C21H23N3O2/c1-26-19-4-2-3-18(14-19)23-17-8-11-24(12-9-17)21(25)16-6-5-15-7-10-22-20(15)13-16/h2-7,10,13-14,17,22-23H,8-9,11-12H2,1H3. The zero-order valence-corrected chi connectivity index (χ0v) is 14.9. The van der Waals surface area contributed by atoms with Crippen LogP contribution in [0.25, 0.3) is 10.9 Å². The molecule has 26 heavy (non-hydrogen) atoms. The number of piperidine rings is 1. The van der Waals surface area contributed by atoms with Gasteiger partial charge in [-0.3, -0.25) is 4.79 Å². The lowest BCUT2D eigenvalue weighted by atomic mass is 10.0. The number of nitrogens with one attached hydrogen (secondary N) is 2. The number of likely N-dealkylation sites (tertiary alicyclic amines) is 1. The van der Waals surface area contributed by atoms with Crippen molar-refractivity contribution in [3.8, 4) is 5.75 Å². The number of ether oxygens (including phenoxy) is 1. The van der Waals surface area contributed by atoms with Crippen LogP contribution in [0.3, 0.4) is 0 Å². The van der Waals surface area contributed by atoms with Crippen molar-refractivity contribution in [3.63, 3.8) is 0 Å². The van der Waals surface area contributed by atoms with Crippen LogP contribution in [0.5, 0.6) is 5.75 Å². The van der Waals surface area contributed by atoms with Crippen LogP contribution >= 0.6 is 0 Å². The average Bonchev–Trinajstić information content (AvgIpc) is 3.16. The number of hydrogen-bond donors (Lipinski definition) is 2. The van der Waals surface area contributed by atoms with Crippen molar-refractivity contribution >= 4 is 22.5 Å². The Hall–Kier alpha value is -2.95. The summed E-state index contributed by atoms with van der Waals surface area (Å²) in [6, 6.07) is 16.2. The van der Waals surface area contributed by atoms with Crippen LogP contribution < -0.4 is 10.1 Å². The minimum Gasteiger partial charge on any atom is -0.497 e. The summed E-state index contributed by atoms with van der Waals surface area (Å²) < 4.78 is 5.27. The first-order valence-electron chi connectivity index (χ1n) is 9.00. The first-order chi connectivity index (χ1) is 12.7. The van der Waals surface area contributed by atoms with E-state index in [1.54, 1.807) is 7.11 Å². The zero-order valence-electron chi connectivity index (χ0n) is 14.9. The molecule has 0 radical (unpaired) electrons. The summed E-state index contributed by atoms with van der Waals surface area (Å²) >= 11 is 0. The molecular formula is C21H23N3O2. The van der Waals surface area contributed by atoms with Gasteiger partial charge in [-0.25, -0.2) is 0 Å². The molecule has 5 nitrogen and oxygen atoms in total. The molecule has 1 aromatic heterocycles. The lowest BCUT2D eigenvalue weighted by Crippen LogP contribution is -2.42. The maximum Gasteiger partial charge on any atom is 0.253 e. The number of amides is 1. The molecule has 2 aromatic carbocycles. The second-order valence-corrected chi connectivity index (χ2v) is 6.72. The fraction of sp³-hybridized carbons (Fsp3) is 0.286. The van der Waals surface area contributed by atoms with Crippen molar-refractivity contribution in [2.24, 2.45) is 0 Å². The smallest absolute Gasteiger partial charge is 0.253 e. The van der Waals surface area contributed by atoms with Crippen LogP contribution in [0.4, 0.5) is 5.69 Å². The molecule has 4 rings (SSSR count).